The zero-order chi connectivity index (χ0) is 77.9. The van der Waals surface area contributed by atoms with Crippen molar-refractivity contribution in [2.45, 2.75) is 179 Å². The van der Waals surface area contributed by atoms with E-state index < -0.39 is 178 Å². The molecule has 5 rings (SSSR count). The van der Waals surface area contributed by atoms with Crippen LogP contribution in [0.3, 0.4) is 0 Å². The predicted octanol–water partition coefficient (Wildman–Crippen LogP) is -0.0546. The Balaban J connectivity index is 1.23. The van der Waals surface area contributed by atoms with Gasteiger partial charge in [0.25, 0.3) is 0 Å². The van der Waals surface area contributed by atoms with Gasteiger partial charge in [0.15, 0.2) is 0 Å². The third kappa shape index (κ3) is 28.6. The maximum Gasteiger partial charge on any atom is 0.407 e. The molecule has 0 aromatic rings. The fourth-order valence-corrected chi connectivity index (χ4v) is 17.4. The molecule has 5 fully saturated rings. The zero-order valence-corrected chi connectivity index (χ0v) is 60.4. The molecule has 105 heavy (non-hydrogen) atoms. The van der Waals surface area contributed by atoms with Gasteiger partial charge in [-0.25, -0.2) is 4.79 Å². The number of fused-ring (bicyclic) bond motifs is 5. The lowest BCUT2D eigenvalue weighted by molar-refractivity contribution is -0.207. The maximum atomic E-state index is 13.9. The smallest absolute Gasteiger partial charge is 0.407 e. The molecule has 0 radical (unpaired) electrons. The number of carbonyl (C=O) groups is 12. The molecule has 0 heterocycles. The lowest BCUT2D eigenvalue weighted by atomic mass is 9.43. The SMILES string of the molecule is CC(CCC(=O)O)[C@H]1CCC2C3C(O)C[C@@H]4C[C@H](OC(=O)NC5CC(OCNCCCC[C@@H](C(=O)O)N(CCN(CC(=O)O)CC(=O)O)CCN(CC(=O)O)CC(=O)O)C(OCNCCCC[C@@H](C(=O)O)N(CCN(CC(=O)O)CC(=O)O)CCN(CC(=O)O)CC(=O)O)C5)CC[C@]4(C)C3CC(O)[C@@]21C. The maximum absolute atomic E-state index is 13.9. The minimum Gasteiger partial charge on any atom is -0.481 e. The number of alkyl carbamates (subject to hydrolysis) is 1. The second-order valence-corrected chi connectivity index (χ2v) is 29.6. The van der Waals surface area contributed by atoms with Crippen LogP contribution in [0.2, 0.25) is 0 Å². The summed E-state index contributed by atoms with van der Waals surface area (Å²) >= 11 is 0. The summed E-state index contributed by atoms with van der Waals surface area (Å²) < 4.78 is 18.8. The number of carboxylic acids is 11. The fourth-order valence-electron chi connectivity index (χ4n) is 17.4. The summed E-state index contributed by atoms with van der Waals surface area (Å²) in [5.41, 5.74) is -0.712. The van der Waals surface area contributed by atoms with Crippen molar-refractivity contribution in [1.82, 2.24) is 45.3 Å². The van der Waals surface area contributed by atoms with Gasteiger partial charge in [-0.2, -0.15) is 0 Å². The Kier molecular flexibility index (Phi) is 36.3. The van der Waals surface area contributed by atoms with Crippen LogP contribution in [0.15, 0.2) is 0 Å². The standard InChI is InChI=1S/C68H113N9O28/c1-41(10-13-54(80)81)45-11-12-46-63-47(30-53(79)68(45,46)3)67(2)15-14-44(26-42(67)27-50(63)78)105-66(102)71-43-28-51(103-39-69-16-6-4-8-48(64(98)99)76(22-18-72(31-55(82)83)32-56(84)85)23-19-73(33-57(86)87)34-58(88)89)52(29-43)104-40-70-17-7-5-9-49(65(100)101)77(24-20-74(35-59(90)91)36-60(92)93)25-21-75(37-61(94)95)38-62(96)97/h41-53,63,69-70,78-79H,4-40H2,1-3H3,(H,71,102)(H,80,81)(H,82,83)(H,84,85)(H,86,87)(H,88,89)(H,90,91)(H,92,93)(H,94,95)(H,96,97)(H,98,99)(H,100,101)/t41?,42-,43?,44+,45+,46?,47?,48-,49-,50?,51?,52?,53?,63?,67-,68+/m0/s1. The van der Waals surface area contributed by atoms with Crippen LogP contribution in [0.5, 0.6) is 0 Å². The highest BCUT2D eigenvalue weighted by molar-refractivity contribution is 5.76. The highest BCUT2D eigenvalue weighted by atomic mass is 16.6. The molecule has 0 aromatic carbocycles. The molecule has 0 bridgehead atoms. The number of hydrogen-bond acceptors (Lipinski definition) is 25. The van der Waals surface area contributed by atoms with Crippen LogP contribution in [0.25, 0.3) is 0 Å². The van der Waals surface area contributed by atoms with Crippen LogP contribution in [-0.2, 0) is 67.0 Å². The van der Waals surface area contributed by atoms with E-state index in [1.54, 1.807) is 0 Å². The van der Waals surface area contributed by atoms with Crippen molar-refractivity contribution in [3.8, 4) is 0 Å². The van der Waals surface area contributed by atoms with E-state index in [4.69, 9.17) is 14.2 Å². The topological polar surface area (TPSA) is 551 Å². The number of rotatable bonds is 54. The molecule has 5 saturated carbocycles. The molecule has 15 atom stereocenters. The van der Waals surface area contributed by atoms with Crippen molar-refractivity contribution in [3.05, 3.63) is 0 Å². The first kappa shape index (κ1) is 88.6. The Labute approximate surface area is 609 Å². The van der Waals surface area contributed by atoms with E-state index in [2.05, 4.69) is 36.7 Å². The van der Waals surface area contributed by atoms with Gasteiger partial charge in [-0.1, -0.05) is 33.6 Å². The molecule has 0 spiro atoms. The average molecular weight is 1500 g/mol. The number of nitrogens with one attached hydrogen (secondary N) is 3. The zero-order valence-electron chi connectivity index (χ0n) is 60.4. The molecule has 0 aromatic heterocycles. The molecule has 37 nitrogen and oxygen atoms in total. The average Bonchev–Trinajstić information content (AvgIpc) is 1.66. The molecule has 1 amide bonds. The van der Waals surface area contributed by atoms with Crippen LogP contribution in [0.4, 0.5) is 4.79 Å². The van der Waals surface area contributed by atoms with Crippen LogP contribution in [0, 0.1) is 46.3 Å². The Hall–Kier alpha value is -7.04. The Morgan fingerprint density at radius 3 is 1.24 bits per heavy atom. The number of aliphatic hydroxyl groups is 2. The number of nitrogens with zero attached hydrogens (tertiary/aromatic N) is 6. The van der Waals surface area contributed by atoms with Crippen molar-refractivity contribution in [1.29, 1.82) is 0 Å². The Morgan fingerprint density at radius 2 is 0.867 bits per heavy atom. The summed E-state index contributed by atoms with van der Waals surface area (Å²) in [6.45, 7) is 0.0294. The number of amides is 1. The number of hydrogen-bond donors (Lipinski definition) is 16. The molecule has 37 heteroatoms. The first-order valence-corrected chi connectivity index (χ1v) is 36.3. The van der Waals surface area contributed by atoms with Gasteiger partial charge in [-0.3, -0.25) is 92.8 Å². The van der Waals surface area contributed by atoms with Crippen molar-refractivity contribution in [2.75, 3.05) is 131 Å². The number of carbonyl (C=O) groups excluding carboxylic acids is 1. The molecular formula is C68H113N9O28. The lowest BCUT2D eigenvalue weighted by Gasteiger charge is -2.63. The van der Waals surface area contributed by atoms with E-state index in [0.29, 0.717) is 77.3 Å². The van der Waals surface area contributed by atoms with Crippen molar-refractivity contribution < 1.29 is 138 Å². The van der Waals surface area contributed by atoms with Crippen molar-refractivity contribution >= 4 is 71.8 Å². The first-order chi connectivity index (χ1) is 49.5. The highest BCUT2D eigenvalue weighted by Crippen LogP contribution is 2.68. The van der Waals surface area contributed by atoms with Crippen molar-refractivity contribution in [3.63, 3.8) is 0 Å². The lowest BCUT2D eigenvalue weighted by Crippen LogP contribution is -2.62. The van der Waals surface area contributed by atoms with Crippen LogP contribution >= 0.6 is 0 Å². The summed E-state index contributed by atoms with van der Waals surface area (Å²) in [6, 6.07) is -2.99. The van der Waals surface area contributed by atoms with Gasteiger partial charge < -0.3 is 85.9 Å². The summed E-state index contributed by atoms with van der Waals surface area (Å²) in [5.74, 6) is -13.8. The van der Waals surface area contributed by atoms with Gasteiger partial charge in [0.1, 0.15) is 18.2 Å². The summed E-state index contributed by atoms with van der Waals surface area (Å²) in [7, 11) is 0. The van der Waals surface area contributed by atoms with Gasteiger partial charge in [0.2, 0.25) is 0 Å². The van der Waals surface area contributed by atoms with Gasteiger partial charge in [0.05, 0.1) is 90.2 Å². The van der Waals surface area contributed by atoms with E-state index in [-0.39, 0.29) is 139 Å². The summed E-state index contributed by atoms with van der Waals surface area (Å²) in [5, 5.41) is 139. The predicted molar refractivity (Wildman–Crippen MR) is 366 cm³/mol. The Bertz CT molecular complexity index is 2630. The molecular weight excluding hydrogens is 1390 g/mol. The molecule has 5 aliphatic carbocycles. The molecule has 5 aliphatic rings. The normalized spacial score (nSPS) is 26.6. The van der Waals surface area contributed by atoms with Gasteiger partial charge in [0, 0.05) is 64.8 Å². The van der Waals surface area contributed by atoms with Crippen LogP contribution in [0.1, 0.15) is 130 Å². The first-order valence-electron chi connectivity index (χ1n) is 36.3. The van der Waals surface area contributed by atoms with Crippen molar-refractivity contribution in [2.24, 2.45) is 46.3 Å². The van der Waals surface area contributed by atoms with Crippen LogP contribution in [-0.4, -0.2) is 347 Å². The fraction of sp³-hybridized carbons (Fsp3) is 0.824. The van der Waals surface area contributed by atoms with Gasteiger partial charge >= 0.3 is 71.8 Å². The van der Waals surface area contributed by atoms with E-state index in [1.165, 1.54) is 9.80 Å². The largest absolute Gasteiger partial charge is 0.481 e. The van der Waals surface area contributed by atoms with Gasteiger partial charge in [-0.05, 0) is 149 Å². The summed E-state index contributed by atoms with van der Waals surface area (Å²) in [6.07, 6.45) is 3.38. The second-order valence-electron chi connectivity index (χ2n) is 29.6. The van der Waals surface area contributed by atoms with E-state index >= 15 is 0 Å². The monoisotopic (exact) mass is 1500 g/mol. The second kappa shape index (κ2) is 43.1. The number of unbranched alkanes of at least 4 members (excludes halogenated alkanes) is 2. The number of carboxylic acid groups (broad SMARTS) is 11. The Morgan fingerprint density at radius 1 is 0.467 bits per heavy atom. The quantitative estimate of drug-likeness (QED) is 0.0280. The molecule has 16 N–H and O–H groups in total. The van der Waals surface area contributed by atoms with Gasteiger partial charge in [-0.15, -0.1) is 0 Å². The molecule has 0 saturated heterocycles. The third-order valence-corrected chi connectivity index (χ3v) is 22.5. The van der Waals surface area contributed by atoms with E-state index in [1.807, 2.05) is 0 Å². The number of aliphatic hydroxyl groups excluding tert-OH is 2. The molecule has 598 valence electrons. The number of ether oxygens (including phenoxy) is 3. The van der Waals surface area contributed by atoms with Crippen LogP contribution < -0.4 is 16.0 Å². The molecule has 0 aliphatic heterocycles. The minimum absolute atomic E-state index is 0.00650. The minimum atomic E-state index is -1.33. The van der Waals surface area contributed by atoms with E-state index in [9.17, 15) is 124 Å². The highest BCUT2D eigenvalue weighted by Gasteiger charge is 2.66. The summed E-state index contributed by atoms with van der Waals surface area (Å²) in [4.78, 5) is 151. The number of aliphatic carboxylic acids is 11. The third-order valence-electron chi connectivity index (χ3n) is 22.5. The van der Waals surface area contributed by atoms with E-state index in [0.717, 1.165) is 32.4 Å². The molecule has 8 unspecified atom stereocenters.